The van der Waals surface area contributed by atoms with Gasteiger partial charge in [-0.05, 0) is 43.3 Å². The molecule has 3 heterocycles. The molecular weight excluding hydrogens is 456 g/mol. The van der Waals surface area contributed by atoms with Crippen LogP contribution < -0.4 is 21.2 Å². The zero-order valence-corrected chi connectivity index (χ0v) is 19.3. The normalized spacial score (nSPS) is 11.4. The molecule has 0 radical (unpaired) electrons. The summed E-state index contributed by atoms with van der Waals surface area (Å²) in [5, 5.41) is 2.72. The summed E-state index contributed by atoms with van der Waals surface area (Å²) in [6, 6.07) is 12.9. The van der Waals surface area contributed by atoms with Crippen LogP contribution in [0.2, 0.25) is 0 Å². The van der Waals surface area contributed by atoms with Crippen LogP contribution in [0.4, 0.5) is 11.5 Å². The van der Waals surface area contributed by atoms with E-state index in [1.54, 1.807) is 47.0 Å². The molecular formula is C23H22N6O4S. The van der Waals surface area contributed by atoms with Gasteiger partial charge in [0.25, 0.3) is 15.9 Å². The summed E-state index contributed by atoms with van der Waals surface area (Å²) in [6.07, 6.45) is 2.76. The van der Waals surface area contributed by atoms with E-state index in [9.17, 15) is 18.0 Å². The van der Waals surface area contributed by atoms with Gasteiger partial charge < -0.3 is 15.6 Å². The van der Waals surface area contributed by atoms with Crippen molar-refractivity contribution in [2.75, 3.05) is 17.5 Å². The highest BCUT2D eigenvalue weighted by Crippen LogP contribution is 2.25. The molecule has 0 fully saturated rings. The van der Waals surface area contributed by atoms with E-state index >= 15 is 0 Å². The Labute approximate surface area is 195 Å². The summed E-state index contributed by atoms with van der Waals surface area (Å²) < 4.78 is 29.1. The minimum Gasteiger partial charge on any atom is -0.384 e. The minimum atomic E-state index is -3.76. The minimum absolute atomic E-state index is 0.0455. The average molecular weight is 479 g/mol. The number of aromatic nitrogens is 3. The lowest BCUT2D eigenvalue weighted by molar-refractivity contribution is 0.0962. The lowest BCUT2D eigenvalue weighted by Crippen LogP contribution is -2.30. The number of benzene rings is 1. The maximum atomic E-state index is 12.9. The molecule has 3 aromatic heterocycles. The molecule has 0 aliphatic rings. The number of nitrogens with one attached hydrogen (secondary N) is 2. The molecule has 0 saturated heterocycles. The number of amides is 1. The van der Waals surface area contributed by atoms with Crippen LogP contribution in [0.25, 0.3) is 22.3 Å². The van der Waals surface area contributed by atoms with Crippen LogP contribution in [0.5, 0.6) is 0 Å². The Hall–Kier alpha value is -4.25. The van der Waals surface area contributed by atoms with Gasteiger partial charge in [0.1, 0.15) is 21.9 Å². The summed E-state index contributed by atoms with van der Waals surface area (Å²) >= 11 is 0. The number of hydrogen-bond donors (Lipinski definition) is 3. The first-order valence-corrected chi connectivity index (χ1v) is 11.8. The van der Waals surface area contributed by atoms with Gasteiger partial charge in [-0.15, -0.1) is 0 Å². The first kappa shape index (κ1) is 22.9. The van der Waals surface area contributed by atoms with Crippen LogP contribution in [0.1, 0.15) is 17.3 Å². The van der Waals surface area contributed by atoms with Crippen LogP contribution in [-0.2, 0) is 16.6 Å². The van der Waals surface area contributed by atoms with Gasteiger partial charge in [0, 0.05) is 37.2 Å². The van der Waals surface area contributed by atoms with E-state index in [0.29, 0.717) is 29.1 Å². The highest BCUT2D eigenvalue weighted by atomic mass is 32.2. The van der Waals surface area contributed by atoms with Gasteiger partial charge in [-0.2, -0.15) is 0 Å². The van der Waals surface area contributed by atoms with E-state index in [0.717, 1.165) is 0 Å². The molecule has 4 aromatic rings. The maximum absolute atomic E-state index is 12.9. The van der Waals surface area contributed by atoms with E-state index in [2.05, 4.69) is 20.0 Å². The molecule has 4 rings (SSSR count). The Kier molecular flexibility index (Phi) is 6.03. The molecule has 174 valence electrons. The van der Waals surface area contributed by atoms with Crippen LogP contribution in [-0.4, -0.2) is 35.9 Å². The number of carbonyl (C=O) groups excluding carboxylic acids is 1. The predicted molar refractivity (Wildman–Crippen MR) is 130 cm³/mol. The first-order valence-electron chi connectivity index (χ1n) is 10.3. The van der Waals surface area contributed by atoms with Crippen molar-refractivity contribution >= 4 is 38.5 Å². The second-order valence-corrected chi connectivity index (χ2v) is 9.03. The number of rotatable bonds is 6. The summed E-state index contributed by atoms with van der Waals surface area (Å²) in [6.45, 7) is 2.24. The number of nitrogens with two attached hydrogens (primary N) is 1. The van der Waals surface area contributed by atoms with Crippen molar-refractivity contribution < 1.29 is 13.2 Å². The van der Waals surface area contributed by atoms with Crippen molar-refractivity contribution in [2.45, 2.75) is 18.4 Å². The Morgan fingerprint density at radius 1 is 1.12 bits per heavy atom. The number of pyridine rings is 3. The van der Waals surface area contributed by atoms with E-state index in [-0.39, 0.29) is 21.7 Å². The zero-order chi connectivity index (χ0) is 24.5. The van der Waals surface area contributed by atoms with Gasteiger partial charge in [-0.3, -0.25) is 19.3 Å². The third kappa shape index (κ3) is 4.08. The van der Waals surface area contributed by atoms with E-state index in [1.807, 2.05) is 6.92 Å². The number of aryl methyl sites for hydroxylation is 1. The lowest BCUT2D eigenvalue weighted by atomic mass is 10.1. The van der Waals surface area contributed by atoms with E-state index in [1.165, 1.54) is 25.5 Å². The van der Waals surface area contributed by atoms with E-state index in [4.69, 9.17) is 5.73 Å². The van der Waals surface area contributed by atoms with Gasteiger partial charge in [0.15, 0.2) is 0 Å². The van der Waals surface area contributed by atoms with Crippen molar-refractivity contribution in [1.29, 1.82) is 0 Å². The Bertz CT molecular complexity index is 1550. The standard InChI is InChI=1S/C23H22N6O4S/c1-3-29-21(24)19(23(31)25-2)20(30)17-10-11-18(27-22(17)29)14-6-8-15(9-7-14)28-34(32,33)16-5-4-12-26-13-16/h4-13,28H,3,24H2,1-2H3,(H,25,31). The Morgan fingerprint density at radius 2 is 1.85 bits per heavy atom. The summed E-state index contributed by atoms with van der Waals surface area (Å²) in [5.74, 6) is -0.510. The topological polar surface area (TPSA) is 149 Å². The number of hydrogen-bond acceptors (Lipinski definition) is 7. The summed E-state index contributed by atoms with van der Waals surface area (Å²) in [7, 11) is -2.33. The number of nitrogen functional groups attached to an aromatic ring is 1. The second-order valence-electron chi connectivity index (χ2n) is 7.35. The van der Waals surface area contributed by atoms with Gasteiger partial charge in [0.05, 0.1) is 11.1 Å². The van der Waals surface area contributed by atoms with Crippen LogP contribution in [0.3, 0.4) is 0 Å². The highest BCUT2D eigenvalue weighted by Gasteiger charge is 2.21. The fourth-order valence-corrected chi connectivity index (χ4v) is 4.61. The largest absolute Gasteiger partial charge is 0.384 e. The molecule has 0 bridgehead atoms. The fraction of sp³-hybridized carbons (Fsp3) is 0.130. The molecule has 1 aromatic carbocycles. The van der Waals surface area contributed by atoms with Gasteiger partial charge in [0.2, 0.25) is 5.43 Å². The van der Waals surface area contributed by atoms with Crippen molar-refractivity contribution in [3.63, 3.8) is 0 Å². The Morgan fingerprint density at radius 3 is 2.47 bits per heavy atom. The summed E-state index contributed by atoms with van der Waals surface area (Å²) in [4.78, 5) is 33.6. The highest BCUT2D eigenvalue weighted by molar-refractivity contribution is 7.92. The Balaban J connectivity index is 1.72. The third-order valence-corrected chi connectivity index (χ3v) is 6.66. The molecule has 10 nitrogen and oxygen atoms in total. The molecule has 11 heteroatoms. The van der Waals surface area contributed by atoms with Crippen molar-refractivity contribution in [3.8, 4) is 11.3 Å². The van der Waals surface area contributed by atoms with Crippen molar-refractivity contribution in [3.05, 3.63) is 76.7 Å². The number of fused-ring (bicyclic) bond motifs is 1. The second kappa shape index (κ2) is 8.94. The maximum Gasteiger partial charge on any atom is 0.263 e. The van der Waals surface area contributed by atoms with Crippen molar-refractivity contribution in [2.24, 2.45) is 0 Å². The van der Waals surface area contributed by atoms with Crippen LogP contribution in [0.15, 0.2) is 70.6 Å². The molecule has 0 aliphatic heterocycles. The smallest absolute Gasteiger partial charge is 0.263 e. The van der Waals surface area contributed by atoms with E-state index < -0.39 is 21.4 Å². The molecule has 0 saturated carbocycles. The molecule has 4 N–H and O–H groups in total. The summed E-state index contributed by atoms with van der Waals surface area (Å²) in [5.41, 5.74) is 7.53. The molecule has 34 heavy (non-hydrogen) atoms. The molecule has 0 unspecified atom stereocenters. The van der Waals surface area contributed by atoms with Crippen molar-refractivity contribution in [1.82, 2.24) is 19.9 Å². The quantitative estimate of drug-likeness (QED) is 0.385. The lowest BCUT2D eigenvalue weighted by Gasteiger charge is -2.15. The molecule has 0 atom stereocenters. The van der Waals surface area contributed by atoms with Gasteiger partial charge in [-0.1, -0.05) is 12.1 Å². The molecule has 1 amide bonds. The molecule has 0 spiro atoms. The number of nitrogens with zero attached hydrogens (tertiary/aromatic N) is 3. The third-order valence-electron chi connectivity index (χ3n) is 5.30. The average Bonchev–Trinajstić information content (AvgIpc) is 2.84. The van der Waals surface area contributed by atoms with Gasteiger partial charge >= 0.3 is 0 Å². The number of sulfonamides is 1. The molecule has 0 aliphatic carbocycles. The van der Waals surface area contributed by atoms with Crippen LogP contribution >= 0.6 is 0 Å². The monoisotopic (exact) mass is 478 g/mol. The first-order chi connectivity index (χ1) is 16.3. The number of carbonyl (C=O) groups is 1. The fourth-order valence-electron chi connectivity index (χ4n) is 3.59. The predicted octanol–water partition coefficient (Wildman–Crippen LogP) is 2.22. The van der Waals surface area contributed by atoms with Crippen LogP contribution in [0, 0.1) is 0 Å². The SMILES string of the molecule is CCn1c(N)c(C(=O)NC)c(=O)c2ccc(-c3ccc(NS(=O)(=O)c4cccnc4)cc3)nc21. The number of anilines is 2. The zero-order valence-electron chi connectivity index (χ0n) is 18.4. The van der Waals surface area contributed by atoms with Gasteiger partial charge in [-0.25, -0.2) is 13.4 Å².